The fourth-order valence-corrected chi connectivity index (χ4v) is 2.90. The van der Waals surface area contributed by atoms with Crippen LogP contribution in [0.2, 0.25) is 0 Å². The summed E-state index contributed by atoms with van der Waals surface area (Å²) < 4.78 is 6.74. The molecule has 0 aliphatic carbocycles. The Bertz CT molecular complexity index is 719. The van der Waals surface area contributed by atoms with Gasteiger partial charge in [-0.1, -0.05) is 29.8 Å². The number of nitrogens with one attached hydrogen (secondary N) is 1. The van der Waals surface area contributed by atoms with Crippen LogP contribution < -0.4 is 10.2 Å². The molecule has 5 heteroatoms. The molecule has 0 bridgehead atoms. The molecule has 0 aromatic heterocycles. The van der Waals surface area contributed by atoms with E-state index in [1.54, 1.807) is 6.21 Å². The first-order valence-corrected chi connectivity index (χ1v) is 8.31. The number of carbonyl (C=O) groups is 1. The van der Waals surface area contributed by atoms with Gasteiger partial charge >= 0.3 is 0 Å². The third-order valence-corrected chi connectivity index (χ3v) is 3.87. The lowest BCUT2D eigenvalue weighted by Gasteiger charge is -2.12. The first-order valence-electron chi connectivity index (χ1n) is 7.24. The highest BCUT2D eigenvalue weighted by molar-refractivity contribution is 14.1. The van der Waals surface area contributed by atoms with E-state index in [1.807, 2.05) is 57.2 Å². The highest BCUT2D eigenvalue weighted by Gasteiger charge is 2.07. The molecule has 0 unspecified atom stereocenters. The van der Waals surface area contributed by atoms with Crippen LogP contribution in [0.25, 0.3) is 0 Å². The molecule has 2 aromatic rings. The van der Waals surface area contributed by atoms with Gasteiger partial charge in [-0.15, -0.1) is 0 Å². The van der Waals surface area contributed by atoms with E-state index in [-0.39, 0.29) is 12.5 Å². The molecule has 0 aliphatic rings. The van der Waals surface area contributed by atoms with E-state index < -0.39 is 0 Å². The van der Waals surface area contributed by atoms with Crippen LogP contribution in [0.5, 0.6) is 5.75 Å². The molecule has 0 fully saturated rings. The molecule has 0 aliphatic heterocycles. The van der Waals surface area contributed by atoms with Gasteiger partial charge in [0.15, 0.2) is 6.61 Å². The van der Waals surface area contributed by atoms with Gasteiger partial charge in [0.2, 0.25) is 0 Å². The SMILES string of the molecule is Cc1cc(C)c(OCC(=O)N/N=C\c2cccc(I)c2)c(C)c1. The predicted molar refractivity (Wildman–Crippen MR) is 101 cm³/mol. The molecule has 0 saturated heterocycles. The van der Waals surface area contributed by atoms with Crippen molar-refractivity contribution in [3.05, 3.63) is 62.2 Å². The molecule has 0 heterocycles. The summed E-state index contributed by atoms with van der Waals surface area (Å²) in [5.41, 5.74) is 6.64. The van der Waals surface area contributed by atoms with Crippen LogP contribution in [0.15, 0.2) is 41.5 Å². The number of benzene rings is 2. The maximum Gasteiger partial charge on any atom is 0.277 e. The highest BCUT2D eigenvalue weighted by Crippen LogP contribution is 2.24. The van der Waals surface area contributed by atoms with E-state index in [0.717, 1.165) is 26.0 Å². The summed E-state index contributed by atoms with van der Waals surface area (Å²) in [7, 11) is 0. The van der Waals surface area contributed by atoms with E-state index in [2.05, 4.69) is 33.1 Å². The minimum Gasteiger partial charge on any atom is -0.483 e. The number of hydrogen-bond acceptors (Lipinski definition) is 3. The van der Waals surface area contributed by atoms with Crippen molar-refractivity contribution >= 4 is 34.7 Å². The average Bonchev–Trinajstić information content (AvgIpc) is 2.46. The molecule has 1 amide bonds. The van der Waals surface area contributed by atoms with Gasteiger partial charge in [-0.2, -0.15) is 5.10 Å². The zero-order valence-electron chi connectivity index (χ0n) is 13.4. The van der Waals surface area contributed by atoms with Gasteiger partial charge in [0.25, 0.3) is 5.91 Å². The highest BCUT2D eigenvalue weighted by atomic mass is 127. The molecule has 0 atom stereocenters. The summed E-state index contributed by atoms with van der Waals surface area (Å²) in [6, 6.07) is 11.9. The third-order valence-electron chi connectivity index (χ3n) is 3.20. The number of halogens is 1. The standard InChI is InChI=1S/C18H19IN2O2/c1-12-7-13(2)18(14(3)8-12)23-11-17(22)21-20-10-15-5-4-6-16(19)9-15/h4-10H,11H2,1-3H3,(H,21,22)/b20-10-. The summed E-state index contributed by atoms with van der Waals surface area (Å²) >= 11 is 2.23. The number of hydrazone groups is 1. The van der Waals surface area contributed by atoms with Crippen molar-refractivity contribution in [2.45, 2.75) is 20.8 Å². The van der Waals surface area contributed by atoms with Crippen molar-refractivity contribution in [3.63, 3.8) is 0 Å². The number of carbonyl (C=O) groups excluding carboxylic acids is 1. The Kier molecular flexibility index (Phi) is 6.15. The van der Waals surface area contributed by atoms with Crippen molar-refractivity contribution in [2.24, 2.45) is 5.10 Å². The first-order chi connectivity index (χ1) is 11.0. The van der Waals surface area contributed by atoms with Crippen LogP contribution >= 0.6 is 22.6 Å². The van der Waals surface area contributed by atoms with Gasteiger partial charge in [0, 0.05) is 3.57 Å². The van der Waals surface area contributed by atoms with Crippen molar-refractivity contribution in [1.29, 1.82) is 0 Å². The maximum atomic E-state index is 11.8. The van der Waals surface area contributed by atoms with Crippen molar-refractivity contribution in [2.75, 3.05) is 6.61 Å². The Balaban J connectivity index is 1.88. The van der Waals surface area contributed by atoms with Gasteiger partial charge in [-0.05, 0) is 72.2 Å². The fourth-order valence-electron chi connectivity index (χ4n) is 2.33. The van der Waals surface area contributed by atoms with Crippen molar-refractivity contribution < 1.29 is 9.53 Å². The van der Waals surface area contributed by atoms with E-state index >= 15 is 0 Å². The molecule has 2 aromatic carbocycles. The summed E-state index contributed by atoms with van der Waals surface area (Å²) in [4.78, 5) is 11.8. The van der Waals surface area contributed by atoms with Crippen LogP contribution in [-0.4, -0.2) is 18.7 Å². The number of amides is 1. The Morgan fingerprint density at radius 2 is 1.91 bits per heavy atom. The van der Waals surface area contributed by atoms with E-state index in [0.29, 0.717) is 0 Å². The molecule has 23 heavy (non-hydrogen) atoms. The molecule has 2 rings (SSSR count). The number of nitrogens with zero attached hydrogens (tertiary/aromatic N) is 1. The zero-order valence-corrected chi connectivity index (χ0v) is 15.5. The molecule has 1 N–H and O–H groups in total. The second-order valence-corrected chi connectivity index (χ2v) is 6.61. The van der Waals surface area contributed by atoms with Gasteiger partial charge in [0.1, 0.15) is 5.75 Å². The van der Waals surface area contributed by atoms with E-state index in [4.69, 9.17) is 4.74 Å². The normalized spacial score (nSPS) is 10.8. The Hall–Kier alpha value is -1.89. The monoisotopic (exact) mass is 422 g/mol. The van der Waals surface area contributed by atoms with Crippen molar-refractivity contribution in [3.8, 4) is 5.75 Å². The Morgan fingerprint density at radius 1 is 1.22 bits per heavy atom. The van der Waals surface area contributed by atoms with Crippen LogP contribution in [-0.2, 0) is 4.79 Å². The minimum atomic E-state index is -0.286. The molecule has 0 saturated carbocycles. The number of hydrogen-bond donors (Lipinski definition) is 1. The fraction of sp³-hybridized carbons (Fsp3) is 0.222. The third kappa shape index (κ3) is 5.35. The lowest BCUT2D eigenvalue weighted by atomic mass is 10.1. The van der Waals surface area contributed by atoms with Crippen LogP contribution in [0, 0.1) is 24.3 Å². The number of rotatable bonds is 5. The van der Waals surface area contributed by atoms with Gasteiger partial charge in [-0.3, -0.25) is 4.79 Å². The molecule has 4 nitrogen and oxygen atoms in total. The zero-order chi connectivity index (χ0) is 16.8. The Labute approximate surface area is 150 Å². The number of ether oxygens (including phenoxy) is 1. The minimum absolute atomic E-state index is 0.0611. The topological polar surface area (TPSA) is 50.7 Å². The van der Waals surface area contributed by atoms with Gasteiger partial charge in [0.05, 0.1) is 6.21 Å². The predicted octanol–water partition coefficient (Wildman–Crippen LogP) is 3.75. The summed E-state index contributed by atoms with van der Waals surface area (Å²) in [5, 5.41) is 3.95. The van der Waals surface area contributed by atoms with Gasteiger partial charge in [-0.25, -0.2) is 5.43 Å². The maximum absolute atomic E-state index is 11.8. The molecule has 0 spiro atoms. The molecular weight excluding hydrogens is 403 g/mol. The lowest BCUT2D eigenvalue weighted by molar-refractivity contribution is -0.123. The summed E-state index contributed by atoms with van der Waals surface area (Å²) in [6.45, 7) is 5.93. The van der Waals surface area contributed by atoms with Gasteiger partial charge < -0.3 is 4.74 Å². The largest absolute Gasteiger partial charge is 0.483 e. The van der Waals surface area contributed by atoms with E-state index in [1.165, 1.54) is 5.56 Å². The van der Waals surface area contributed by atoms with E-state index in [9.17, 15) is 4.79 Å². The molecule has 0 radical (unpaired) electrons. The van der Waals surface area contributed by atoms with Crippen LogP contribution in [0.4, 0.5) is 0 Å². The summed E-state index contributed by atoms with van der Waals surface area (Å²) in [5.74, 6) is 0.471. The lowest BCUT2D eigenvalue weighted by Crippen LogP contribution is -2.25. The first kappa shape index (κ1) is 17.5. The van der Waals surface area contributed by atoms with Crippen molar-refractivity contribution in [1.82, 2.24) is 5.43 Å². The molecule has 120 valence electrons. The van der Waals surface area contributed by atoms with Crippen LogP contribution in [0.1, 0.15) is 22.3 Å². The smallest absolute Gasteiger partial charge is 0.277 e. The summed E-state index contributed by atoms with van der Waals surface area (Å²) in [6.07, 6.45) is 1.61. The number of aryl methyl sites for hydroxylation is 3. The second-order valence-electron chi connectivity index (χ2n) is 5.36. The average molecular weight is 422 g/mol. The Morgan fingerprint density at radius 3 is 2.57 bits per heavy atom. The quantitative estimate of drug-likeness (QED) is 0.454. The molecular formula is C18H19IN2O2. The van der Waals surface area contributed by atoms with Crippen LogP contribution in [0.3, 0.4) is 0 Å². The second kappa shape index (κ2) is 8.10.